The van der Waals surface area contributed by atoms with Gasteiger partial charge >= 0.3 is 0 Å². The zero-order valence-electron chi connectivity index (χ0n) is 15.0. The van der Waals surface area contributed by atoms with Gasteiger partial charge in [0.25, 0.3) is 0 Å². The van der Waals surface area contributed by atoms with Gasteiger partial charge in [-0.25, -0.2) is 4.98 Å². The number of aryl methyl sites for hydroxylation is 1. The van der Waals surface area contributed by atoms with Crippen LogP contribution in [0.15, 0.2) is 53.8 Å². The van der Waals surface area contributed by atoms with Crippen molar-refractivity contribution in [3.8, 4) is 0 Å². The van der Waals surface area contributed by atoms with E-state index in [-0.39, 0.29) is 0 Å². The SMILES string of the molecule is CN=C(NCCc1cccc2ccccc12)N(C)Cc1ncnn1C. The molecule has 0 saturated heterocycles. The van der Waals surface area contributed by atoms with Crippen LogP contribution in [-0.4, -0.2) is 46.3 Å². The summed E-state index contributed by atoms with van der Waals surface area (Å²) in [5.41, 5.74) is 1.34. The number of hydrogen-bond donors (Lipinski definition) is 1. The maximum atomic E-state index is 4.37. The summed E-state index contributed by atoms with van der Waals surface area (Å²) in [6, 6.07) is 15.0. The Labute approximate surface area is 148 Å². The number of benzene rings is 2. The monoisotopic (exact) mass is 336 g/mol. The molecule has 0 radical (unpaired) electrons. The van der Waals surface area contributed by atoms with E-state index in [4.69, 9.17) is 0 Å². The van der Waals surface area contributed by atoms with Crippen molar-refractivity contribution in [1.29, 1.82) is 0 Å². The third-order valence-electron chi connectivity index (χ3n) is 4.31. The molecule has 0 saturated carbocycles. The molecule has 2 aromatic carbocycles. The summed E-state index contributed by atoms with van der Waals surface area (Å²) in [4.78, 5) is 10.7. The van der Waals surface area contributed by atoms with E-state index in [1.807, 2.05) is 19.0 Å². The third-order valence-corrected chi connectivity index (χ3v) is 4.31. The summed E-state index contributed by atoms with van der Waals surface area (Å²) >= 11 is 0. The standard InChI is InChI=1S/C19H24N6/c1-20-19(24(2)13-18-22-14-23-25(18)3)21-12-11-16-9-6-8-15-7-4-5-10-17(15)16/h4-10,14H,11-13H2,1-3H3,(H,20,21). The molecule has 1 N–H and O–H groups in total. The van der Waals surface area contributed by atoms with Crippen LogP contribution in [0.2, 0.25) is 0 Å². The molecule has 1 aromatic heterocycles. The number of rotatable bonds is 5. The number of aromatic nitrogens is 3. The van der Waals surface area contributed by atoms with Gasteiger partial charge in [-0.1, -0.05) is 42.5 Å². The molecule has 6 heteroatoms. The van der Waals surface area contributed by atoms with E-state index in [0.717, 1.165) is 24.7 Å². The van der Waals surface area contributed by atoms with E-state index in [9.17, 15) is 0 Å². The predicted molar refractivity (Wildman–Crippen MR) is 101 cm³/mol. The van der Waals surface area contributed by atoms with E-state index in [2.05, 4.69) is 62.9 Å². The van der Waals surface area contributed by atoms with Crippen molar-refractivity contribution >= 4 is 16.7 Å². The van der Waals surface area contributed by atoms with Crippen molar-refractivity contribution in [3.05, 3.63) is 60.2 Å². The lowest BCUT2D eigenvalue weighted by atomic mass is 10.0. The highest BCUT2D eigenvalue weighted by Gasteiger charge is 2.10. The number of nitrogens with zero attached hydrogens (tertiary/aromatic N) is 5. The van der Waals surface area contributed by atoms with Crippen LogP contribution in [-0.2, 0) is 20.0 Å². The van der Waals surface area contributed by atoms with Gasteiger partial charge in [0.1, 0.15) is 12.2 Å². The Morgan fingerprint density at radius 2 is 2.00 bits per heavy atom. The zero-order chi connectivity index (χ0) is 17.6. The fraction of sp³-hybridized carbons (Fsp3) is 0.316. The minimum Gasteiger partial charge on any atom is -0.356 e. The molecule has 0 bridgehead atoms. The molecule has 0 unspecified atom stereocenters. The predicted octanol–water partition coefficient (Wildman–Crippen LogP) is 2.22. The minimum absolute atomic E-state index is 0.657. The van der Waals surface area contributed by atoms with Gasteiger partial charge in [-0.15, -0.1) is 0 Å². The summed E-state index contributed by atoms with van der Waals surface area (Å²) in [7, 11) is 5.70. The third kappa shape index (κ3) is 3.96. The average molecular weight is 336 g/mol. The van der Waals surface area contributed by atoms with Crippen LogP contribution in [0.3, 0.4) is 0 Å². The van der Waals surface area contributed by atoms with Gasteiger partial charge in [-0.05, 0) is 22.8 Å². The van der Waals surface area contributed by atoms with Crippen molar-refractivity contribution in [3.63, 3.8) is 0 Å². The van der Waals surface area contributed by atoms with Gasteiger partial charge < -0.3 is 10.2 Å². The lowest BCUT2D eigenvalue weighted by molar-refractivity contribution is 0.449. The van der Waals surface area contributed by atoms with Crippen molar-refractivity contribution in [2.24, 2.45) is 12.0 Å². The molecule has 1 heterocycles. The second-order valence-electron chi connectivity index (χ2n) is 6.02. The van der Waals surface area contributed by atoms with Crippen LogP contribution in [0.1, 0.15) is 11.4 Å². The molecule has 3 aromatic rings. The maximum Gasteiger partial charge on any atom is 0.193 e. The Bertz CT molecular complexity index is 862. The van der Waals surface area contributed by atoms with Gasteiger partial charge in [0.2, 0.25) is 0 Å². The van der Waals surface area contributed by atoms with Crippen molar-refractivity contribution < 1.29 is 0 Å². The number of hydrogen-bond acceptors (Lipinski definition) is 3. The smallest absolute Gasteiger partial charge is 0.193 e. The summed E-state index contributed by atoms with van der Waals surface area (Å²) in [5.74, 6) is 1.75. The first kappa shape index (κ1) is 17.0. The Morgan fingerprint density at radius 3 is 2.76 bits per heavy atom. The summed E-state index contributed by atoms with van der Waals surface area (Å²) < 4.78 is 1.78. The van der Waals surface area contributed by atoms with E-state index in [1.54, 1.807) is 18.1 Å². The summed E-state index contributed by atoms with van der Waals surface area (Å²) in [6.45, 7) is 1.48. The van der Waals surface area contributed by atoms with Crippen molar-refractivity contribution in [2.75, 3.05) is 20.6 Å². The molecule has 0 aliphatic rings. The van der Waals surface area contributed by atoms with Crippen LogP contribution in [0.4, 0.5) is 0 Å². The second kappa shape index (κ2) is 7.79. The first-order valence-corrected chi connectivity index (χ1v) is 8.40. The van der Waals surface area contributed by atoms with Crippen LogP contribution in [0.25, 0.3) is 10.8 Å². The van der Waals surface area contributed by atoms with Gasteiger partial charge in [0.15, 0.2) is 5.96 Å². The zero-order valence-corrected chi connectivity index (χ0v) is 15.0. The number of fused-ring (bicyclic) bond motifs is 1. The quantitative estimate of drug-likeness (QED) is 0.573. The molecular formula is C19H24N6. The van der Waals surface area contributed by atoms with Gasteiger partial charge in [0, 0.05) is 27.7 Å². The van der Waals surface area contributed by atoms with Gasteiger partial charge in [0.05, 0.1) is 6.54 Å². The molecule has 0 atom stereocenters. The van der Waals surface area contributed by atoms with Crippen LogP contribution in [0.5, 0.6) is 0 Å². The molecule has 0 amide bonds. The largest absolute Gasteiger partial charge is 0.356 e. The van der Waals surface area contributed by atoms with Crippen LogP contribution >= 0.6 is 0 Å². The van der Waals surface area contributed by atoms with E-state index in [1.165, 1.54) is 16.3 Å². The molecule has 0 aliphatic heterocycles. The Balaban J connectivity index is 1.60. The highest BCUT2D eigenvalue weighted by Crippen LogP contribution is 2.18. The lowest BCUT2D eigenvalue weighted by Crippen LogP contribution is -2.39. The minimum atomic E-state index is 0.657. The average Bonchev–Trinajstić information content (AvgIpc) is 3.03. The highest BCUT2D eigenvalue weighted by molar-refractivity contribution is 5.85. The second-order valence-corrected chi connectivity index (χ2v) is 6.02. The number of guanidine groups is 1. The Hall–Kier alpha value is -2.89. The Kier molecular flexibility index (Phi) is 5.28. The normalized spacial score (nSPS) is 11.7. The fourth-order valence-corrected chi connectivity index (χ4v) is 2.95. The van der Waals surface area contributed by atoms with E-state index >= 15 is 0 Å². The topological polar surface area (TPSA) is 58.3 Å². The van der Waals surface area contributed by atoms with Crippen LogP contribution in [0, 0.1) is 0 Å². The number of nitrogens with one attached hydrogen (secondary N) is 1. The van der Waals surface area contributed by atoms with Gasteiger partial charge in [-0.3, -0.25) is 9.67 Å². The summed E-state index contributed by atoms with van der Waals surface area (Å²) in [5, 5.41) is 10.1. The molecule has 6 nitrogen and oxygen atoms in total. The first-order chi connectivity index (χ1) is 12.2. The Morgan fingerprint density at radius 1 is 1.20 bits per heavy atom. The fourth-order valence-electron chi connectivity index (χ4n) is 2.95. The lowest BCUT2D eigenvalue weighted by Gasteiger charge is -2.21. The van der Waals surface area contributed by atoms with Crippen molar-refractivity contribution in [1.82, 2.24) is 25.0 Å². The first-order valence-electron chi connectivity index (χ1n) is 8.40. The van der Waals surface area contributed by atoms with E-state index in [0.29, 0.717) is 6.54 Å². The maximum absolute atomic E-state index is 4.37. The molecule has 0 aliphatic carbocycles. The van der Waals surface area contributed by atoms with Crippen LogP contribution < -0.4 is 5.32 Å². The molecular weight excluding hydrogens is 312 g/mol. The summed E-state index contributed by atoms with van der Waals surface area (Å²) in [6.07, 6.45) is 2.51. The molecule has 3 rings (SSSR count). The molecule has 0 spiro atoms. The molecule has 0 fully saturated rings. The molecule has 130 valence electrons. The molecule has 25 heavy (non-hydrogen) atoms. The highest BCUT2D eigenvalue weighted by atomic mass is 15.4. The van der Waals surface area contributed by atoms with Gasteiger partial charge in [-0.2, -0.15) is 5.10 Å². The van der Waals surface area contributed by atoms with Crippen molar-refractivity contribution in [2.45, 2.75) is 13.0 Å². The number of aliphatic imine (C=N–C) groups is 1. The van der Waals surface area contributed by atoms with E-state index < -0.39 is 0 Å².